The third-order valence-corrected chi connectivity index (χ3v) is 4.71. The highest BCUT2D eigenvalue weighted by Crippen LogP contribution is 2.25. The van der Waals surface area contributed by atoms with Crippen LogP contribution in [0.15, 0.2) is 42.5 Å². The van der Waals surface area contributed by atoms with Gasteiger partial charge in [-0.25, -0.2) is 4.98 Å². The highest BCUT2D eigenvalue weighted by molar-refractivity contribution is 7.22. The van der Waals surface area contributed by atoms with Gasteiger partial charge in [0, 0.05) is 18.1 Å². The van der Waals surface area contributed by atoms with Gasteiger partial charge in [-0.15, -0.1) is 0 Å². The predicted molar refractivity (Wildman–Crippen MR) is 96.9 cm³/mol. The van der Waals surface area contributed by atoms with Crippen LogP contribution in [-0.2, 0) is 0 Å². The maximum absolute atomic E-state index is 12.1. The summed E-state index contributed by atoms with van der Waals surface area (Å²) in [6.07, 6.45) is 0. The van der Waals surface area contributed by atoms with Crippen molar-refractivity contribution in [3.8, 4) is 0 Å². The third-order valence-electron chi connectivity index (χ3n) is 3.15. The first-order chi connectivity index (χ1) is 11.1. The van der Waals surface area contributed by atoms with Crippen LogP contribution in [0.2, 0.25) is 10.0 Å². The fourth-order valence-electron chi connectivity index (χ4n) is 2.06. The summed E-state index contributed by atoms with van der Waals surface area (Å²) in [6.45, 7) is 1.03. The predicted octanol–water partition coefficient (Wildman–Crippen LogP) is 4.45. The van der Waals surface area contributed by atoms with Crippen LogP contribution in [-0.4, -0.2) is 24.0 Å². The van der Waals surface area contributed by atoms with Crippen molar-refractivity contribution >= 4 is 55.8 Å². The van der Waals surface area contributed by atoms with E-state index in [2.05, 4.69) is 15.6 Å². The standard InChI is InChI=1S/C16H13Cl2N3OS/c17-10-5-6-12(18)11(9-10)15(22)19-7-8-20-16-21-13-3-1-2-4-14(13)23-16/h1-6,9H,7-8H2,(H,19,22)(H,20,21). The SMILES string of the molecule is O=C(NCCNc1nc2ccccc2s1)c1cc(Cl)ccc1Cl. The minimum atomic E-state index is -0.247. The molecule has 0 unspecified atom stereocenters. The Morgan fingerprint density at radius 2 is 1.96 bits per heavy atom. The van der Waals surface area contributed by atoms with E-state index in [1.54, 1.807) is 29.5 Å². The highest BCUT2D eigenvalue weighted by Gasteiger charge is 2.10. The molecule has 0 aliphatic heterocycles. The lowest BCUT2D eigenvalue weighted by molar-refractivity contribution is 0.0955. The number of carbonyl (C=O) groups excluding carboxylic acids is 1. The van der Waals surface area contributed by atoms with Gasteiger partial charge in [0.2, 0.25) is 0 Å². The van der Waals surface area contributed by atoms with Crippen LogP contribution in [0.4, 0.5) is 5.13 Å². The molecule has 118 valence electrons. The van der Waals surface area contributed by atoms with Gasteiger partial charge in [0.1, 0.15) is 0 Å². The lowest BCUT2D eigenvalue weighted by Gasteiger charge is -2.07. The van der Waals surface area contributed by atoms with E-state index in [-0.39, 0.29) is 5.91 Å². The number of fused-ring (bicyclic) bond motifs is 1. The molecule has 0 saturated heterocycles. The Bertz CT molecular complexity index is 817. The molecule has 1 amide bonds. The number of para-hydroxylation sites is 1. The zero-order valence-electron chi connectivity index (χ0n) is 12.0. The van der Waals surface area contributed by atoms with Gasteiger partial charge in [0.05, 0.1) is 20.8 Å². The summed E-state index contributed by atoms with van der Waals surface area (Å²) in [5.41, 5.74) is 1.34. The molecule has 3 aromatic rings. The number of amides is 1. The fourth-order valence-corrected chi connectivity index (χ4v) is 3.33. The number of carbonyl (C=O) groups is 1. The molecule has 0 spiro atoms. The average molecular weight is 366 g/mol. The zero-order valence-corrected chi connectivity index (χ0v) is 14.3. The summed E-state index contributed by atoms with van der Waals surface area (Å²) in [5, 5.41) is 7.70. The highest BCUT2D eigenvalue weighted by atomic mass is 35.5. The van der Waals surface area contributed by atoms with Gasteiger partial charge >= 0.3 is 0 Å². The van der Waals surface area contributed by atoms with E-state index in [1.165, 1.54) is 0 Å². The Balaban J connectivity index is 1.53. The molecule has 1 aromatic heterocycles. The Kier molecular flexibility index (Phi) is 5.00. The maximum atomic E-state index is 12.1. The minimum absolute atomic E-state index is 0.247. The molecule has 0 aliphatic carbocycles. The normalized spacial score (nSPS) is 10.7. The smallest absolute Gasteiger partial charge is 0.252 e. The van der Waals surface area contributed by atoms with Gasteiger partial charge < -0.3 is 10.6 Å². The van der Waals surface area contributed by atoms with E-state index < -0.39 is 0 Å². The average Bonchev–Trinajstić information content (AvgIpc) is 2.96. The number of hydrogen-bond acceptors (Lipinski definition) is 4. The molecule has 0 fully saturated rings. The number of rotatable bonds is 5. The van der Waals surface area contributed by atoms with E-state index in [9.17, 15) is 4.79 Å². The second-order valence-corrected chi connectivity index (χ2v) is 6.67. The number of aromatic nitrogens is 1. The third kappa shape index (κ3) is 3.93. The largest absolute Gasteiger partial charge is 0.360 e. The molecule has 1 heterocycles. The Morgan fingerprint density at radius 1 is 1.13 bits per heavy atom. The summed E-state index contributed by atoms with van der Waals surface area (Å²) < 4.78 is 1.13. The Morgan fingerprint density at radius 3 is 2.78 bits per heavy atom. The summed E-state index contributed by atoms with van der Waals surface area (Å²) in [7, 11) is 0. The number of nitrogens with zero attached hydrogens (tertiary/aromatic N) is 1. The second-order valence-electron chi connectivity index (χ2n) is 4.79. The number of hydrogen-bond donors (Lipinski definition) is 2. The second kappa shape index (κ2) is 7.17. The molecule has 2 aromatic carbocycles. The van der Waals surface area contributed by atoms with Crippen LogP contribution in [0.5, 0.6) is 0 Å². The van der Waals surface area contributed by atoms with E-state index in [0.717, 1.165) is 15.3 Å². The first-order valence-corrected chi connectivity index (χ1v) is 8.53. The lowest BCUT2D eigenvalue weighted by Crippen LogP contribution is -2.28. The number of halogens is 2. The first kappa shape index (κ1) is 16.1. The lowest BCUT2D eigenvalue weighted by atomic mass is 10.2. The fraction of sp³-hybridized carbons (Fsp3) is 0.125. The van der Waals surface area contributed by atoms with Crippen LogP contribution in [0.25, 0.3) is 10.2 Å². The molecule has 2 N–H and O–H groups in total. The molecule has 0 saturated carbocycles. The summed E-state index contributed by atoms with van der Waals surface area (Å²) in [5.74, 6) is -0.247. The van der Waals surface area contributed by atoms with Crippen molar-refractivity contribution in [2.75, 3.05) is 18.4 Å². The van der Waals surface area contributed by atoms with Gasteiger partial charge in [-0.3, -0.25) is 4.79 Å². The Hall–Kier alpha value is -1.82. The quantitative estimate of drug-likeness (QED) is 0.656. The van der Waals surface area contributed by atoms with Gasteiger partial charge in [-0.1, -0.05) is 46.7 Å². The van der Waals surface area contributed by atoms with Crippen LogP contribution < -0.4 is 10.6 Å². The van der Waals surface area contributed by atoms with E-state index in [0.29, 0.717) is 28.7 Å². The van der Waals surface area contributed by atoms with Gasteiger partial charge in [0.15, 0.2) is 5.13 Å². The van der Waals surface area contributed by atoms with Crippen molar-refractivity contribution in [1.29, 1.82) is 0 Å². The summed E-state index contributed by atoms with van der Waals surface area (Å²) in [6, 6.07) is 12.8. The molecule has 7 heteroatoms. The van der Waals surface area contributed by atoms with E-state index in [4.69, 9.17) is 23.2 Å². The van der Waals surface area contributed by atoms with Gasteiger partial charge in [-0.2, -0.15) is 0 Å². The zero-order chi connectivity index (χ0) is 16.2. The van der Waals surface area contributed by atoms with Crippen molar-refractivity contribution in [3.05, 3.63) is 58.1 Å². The van der Waals surface area contributed by atoms with Crippen molar-refractivity contribution < 1.29 is 4.79 Å². The van der Waals surface area contributed by atoms with Crippen LogP contribution in [0.1, 0.15) is 10.4 Å². The van der Waals surface area contributed by atoms with Crippen LogP contribution in [0.3, 0.4) is 0 Å². The van der Waals surface area contributed by atoms with Gasteiger partial charge in [0.25, 0.3) is 5.91 Å². The Labute approximate surface area is 147 Å². The summed E-state index contributed by atoms with van der Waals surface area (Å²) in [4.78, 5) is 16.5. The van der Waals surface area contributed by atoms with E-state index in [1.807, 2.05) is 24.3 Å². The maximum Gasteiger partial charge on any atom is 0.252 e. The monoisotopic (exact) mass is 365 g/mol. The minimum Gasteiger partial charge on any atom is -0.360 e. The van der Waals surface area contributed by atoms with Gasteiger partial charge in [-0.05, 0) is 30.3 Å². The van der Waals surface area contributed by atoms with Crippen molar-refractivity contribution in [1.82, 2.24) is 10.3 Å². The molecule has 0 bridgehead atoms. The topological polar surface area (TPSA) is 54.0 Å². The van der Waals surface area contributed by atoms with Crippen molar-refractivity contribution in [2.24, 2.45) is 0 Å². The number of nitrogens with one attached hydrogen (secondary N) is 2. The molecular formula is C16H13Cl2N3OS. The number of anilines is 1. The molecule has 23 heavy (non-hydrogen) atoms. The first-order valence-electron chi connectivity index (χ1n) is 6.96. The van der Waals surface area contributed by atoms with Crippen molar-refractivity contribution in [3.63, 3.8) is 0 Å². The molecule has 4 nitrogen and oxygen atoms in total. The number of thiazole rings is 1. The number of benzene rings is 2. The van der Waals surface area contributed by atoms with Crippen LogP contribution >= 0.6 is 34.5 Å². The van der Waals surface area contributed by atoms with E-state index >= 15 is 0 Å². The molecule has 0 radical (unpaired) electrons. The van der Waals surface area contributed by atoms with Crippen LogP contribution in [0, 0.1) is 0 Å². The molecule has 3 rings (SSSR count). The molecular weight excluding hydrogens is 353 g/mol. The van der Waals surface area contributed by atoms with Crippen molar-refractivity contribution in [2.45, 2.75) is 0 Å². The molecule has 0 atom stereocenters. The summed E-state index contributed by atoms with van der Waals surface area (Å²) >= 11 is 13.5. The molecule has 0 aliphatic rings.